The summed E-state index contributed by atoms with van der Waals surface area (Å²) in [6.07, 6.45) is 2.40. The van der Waals surface area contributed by atoms with Crippen LogP contribution in [0.15, 0.2) is 34.3 Å². The standard InChI is InChI=1S/C33H55N11O7/c1-4-19(2)26(31(50)51)43(3)29(48)24(18-20-11-13-21(45)14-12-20)42-28(47)25-10-7-17-44(25)30(49)23(9-6-16-40-33(37)38)41-27(46)22(34)8-5-15-39-32(35)36/h11-14,19,22-26,45H,4-10,15-18,34H2,1-3H3,(H,41,46)(H,42,47)(H,50,51)(H4,35,36,39)(H4,37,38,40)/t19-,22-,23-,24-,25-,26-/m0/s1. The number of benzene rings is 1. The van der Waals surface area contributed by atoms with Gasteiger partial charge in [-0.3, -0.25) is 29.2 Å². The smallest absolute Gasteiger partial charge is 0.326 e. The lowest BCUT2D eigenvalue weighted by Gasteiger charge is -2.33. The van der Waals surface area contributed by atoms with Gasteiger partial charge in [-0.05, 0) is 62.1 Å². The molecule has 18 nitrogen and oxygen atoms in total. The number of rotatable bonds is 20. The molecule has 51 heavy (non-hydrogen) atoms. The van der Waals surface area contributed by atoms with Crippen molar-refractivity contribution in [1.29, 1.82) is 0 Å². The van der Waals surface area contributed by atoms with Gasteiger partial charge in [0.05, 0.1) is 6.04 Å². The van der Waals surface area contributed by atoms with Crippen molar-refractivity contribution in [3.05, 3.63) is 29.8 Å². The first kappa shape index (κ1) is 42.0. The fraction of sp³-hybridized carbons (Fsp3) is 0.606. The van der Waals surface area contributed by atoms with Gasteiger partial charge in [0.25, 0.3) is 0 Å². The van der Waals surface area contributed by atoms with E-state index in [0.717, 1.165) is 4.90 Å². The first-order valence-corrected chi connectivity index (χ1v) is 17.1. The largest absolute Gasteiger partial charge is 0.508 e. The molecule has 0 unspecified atom stereocenters. The minimum Gasteiger partial charge on any atom is -0.508 e. The Morgan fingerprint density at radius 1 is 0.961 bits per heavy atom. The van der Waals surface area contributed by atoms with Crippen molar-refractivity contribution >= 4 is 41.5 Å². The summed E-state index contributed by atoms with van der Waals surface area (Å²) < 4.78 is 0. The van der Waals surface area contributed by atoms with Gasteiger partial charge in [0.1, 0.15) is 29.9 Å². The molecule has 0 saturated carbocycles. The zero-order valence-corrected chi connectivity index (χ0v) is 29.7. The second kappa shape index (κ2) is 20.5. The van der Waals surface area contributed by atoms with E-state index >= 15 is 0 Å². The highest BCUT2D eigenvalue weighted by molar-refractivity contribution is 5.96. The van der Waals surface area contributed by atoms with E-state index in [-0.39, 0.29) is 68.9 Å². The third kappa shape index (κ3) is 13.3. The molecular formula is C33H55N11O7. The maximum absolute atomic E-state index is 14.0. The predicted octanol–water partition coefficient (Wildman–Crippen LogP) is -1.71. The summed E-state index contributed by atoms with van der Waals surface area (Å²) in [5.41, 5.74) is 28.3. The van der Waals surface area contributed by atoms with Gasteiger partial charge in [-0.1, -0.05) is 32.4 Å². The molecule has 1 aliphatic rings. The Bertz CT molecular complexity index is 1400. The van der Waals surface area contributed by atoms with E-state index in [1.54, 1.807) is 19.1 Å². The summed E-state index contributed by atoms with van der Waals surface area (Å²) in [7, 11) is 1.38. The first-order valence-electron chi connectivity index (χ1n) is 17.1. The number of carbonyl (C=O) groups is 5. The number of carboxylic acid groups (broad SMARTS) is 1. The van der Waals surface area contributed by atoms with Crippen molar-refractivity contribution in [2.45, 2.75) is 95.4 Å². The van der Waals surface area contributed by atoms with Crippen molar-refractivity contribution in [2.75, 3.05) is 26.7 Å². The second-order valence-electron chi connectivity index (χ2n) is 12.8. The third-order valence-electron chi connectivity index (χ3n) is 8.89. The molecule has 0 radical (unpaired) electrons. The number of likely N-dealkylation sites (N-methyl/N-ethyl adjacent to an activating group) is 1. The molecule has 0 aromatic heterocycles. The van der Waals surface area contributed by atoms with Crippen LogP contribution in [0.1, 0.15) is 64.4 Å². The van der Waals surface area contributed by atoms with Crippen LogP contribution < -0.4 is 39.3 Å². The highest BCUT2D eigenvalue weighted by Gasteiger charge is 2.40. The Morgan fingerprint density at radius 3 is 2.10 bits per heavy atom. The summed E-state index contributed by atoms with van der Waals surface area (Å²) in [5, 5.41) is 25.2. The highest BCUT2D eigenvalue weighted by Crippen LogP contribution is 2.22. The predicted molar refractivity (Wildman–Crippen MR) is 192 cm³/mol. The van der Waals surface area contributed by atoms with E-state index in [1.165, 1.54) is 24.1 Å². The maximum atomic E-state index is 14.0. The van der Waals surface area contributed by atoms with E-state index in [9.17, 15) is 34.2 Å². The molecule has 1 aliphatic heterocycles. The molecular weight excluding hydrogens is 662 g/mol. The summed E-state index contributed by atoms with van der Waals surface area (Å²) in [6.45, 7) is 4.23. The minimum absolute atomic E-state index is 0.00669. The van der Waals surface area contributed by atoms with E-state index in [2.05, 4.69) is 20.6 Å². The number of hydrogen-bond acceptors (Lipinski definition) is 9. The Labute approximate surface area is 298 Å². The van der Waals surface area contributed by atoms with Crippen LogP contribution in [0.4, 0.5) is 0 Å². The molecule has 1 fully saturated rings. The Balaban J connectivity index is 2.31. The number of phenols is 1. The number of aliphatic imine (C=N–C) groups is 2. The van der Waals surface area contributed by atoms with Gasteiger partial charge in [-0.15, -0.1) is 0 Å². The Hall–Kier alpha value is -5.13. The molecule has 1 saturated heterocycles. The van der Waals surface area contributed by atoms with E-state index < -0.39 is 59.8 Å². The van der Waals surface area contributed by atoms with Gasteiger partial charge >= 0.3 is 5.97 Å². The highest BCUT2D eigenvalue weighted by atomic mass is 16.4. The van der Waals surface area contributed by atoms with Crippen LogP contribution in [0.5, 0.6) is 5.75 Å². The number of amides is 4. The molecule has 18 heteroatoms. The van der Waals surface area contributed by atoms with E-state index in [4.69, 9.17) is 28.7 Å². The molecule has 1 aromatic rings. The number of phenolic OH excluding ortho intramolecular Hbond substituents is 1. The fourth-order valence-electron chi connectivity index (χ4n) is 5.93. The molecule has 14 N–H and O–H groups in total. The molecule has 0 spiro atoms. The van der Waals surface area contributed by atoms with Crippen molar-refractivity contribution in [1.82, 2.24) is 20.4 Å². The molecule has 1 aromatic carbocycles. The fourth-order valence-corrected chi connectivity index (χ4v) is 5.93. The average Bonchev–Trinajstić information content (AvgIpc) is 3.57. The molecule has 284 valence electrons. The van der Waals surface area contributed by atoms with Crippen molar-refractivity contribution < 1.29 is 34.2 Å². The number of carbonyl (C=O) groups excluding carboxylic acids is 4. The molecule has 2 rings (SSSR count). The normalized spacial score (nSPS) is 16.9. The molecule has 6 atom stereocenters. The number of aliphatic carboxylic acids is 1. The van der Waals surface area contributed by atoms with Crippen molar-refractivity contribution in [2.24, 2.45) is 44.6 Å². The number of nitrogens with zero attached hydrogens (tertiary/aromatic N) is 4. The molecule has 4 amide bonds. The lowest BCUT2D eigenvalue weighted by atomic mass is 9.96. The summed E-state index contributed by atoms with van der Waals surface area (Å²) in [6, 6.07) is 0.737. The number of nitrogens with one attached hydrogen (secondary N) is 2. The third-order valence-corrected chi connectivity index (χ3v) is 8.89. The average molecular weight is 718 g/mol. The van der Waals surface area contributed by atoms with Crippen LogP contribution in [-0.2, 0) is 30.4 Å². The number of aromatic hydroxyl groups is 1. The molecule has 1 heterocycles. The number of nitrogens with two attached hydrogens (primary N) is 5. The van der Waals surface area contributed by atoms with E-state index in [0.29, 0.717) is 31.2 Å². The SMILES string of the molecule is CC[C@H](C)[C@@H](C(=O)O)N(C)C(=O)[C@H](Cc1ccc(O)cc1)NC(=O)[C@@H]1CCCN1C(=O)[C@H](CCCN=C(N)N)NC(=O)[C@@H](N)CCCN=C(N)N. The number of likely N-dealkylation sites (tertiary alicyclic amines) is 1. The van der Waals surface area contributed by atoms with Gasteiger partial charge in [-0.2, -0.15) is 0 Å². The van der Waals surface area contributed by atoms with Gasteiger partial charge in [0.15, 0.2) is 11.9 Å². The number of carboxylic acids is 1. The van der Waals surface area contributed by atoms with Crippen LogP contribution in [0.2, 0.25) is 0 Å². The lowest BCUT2D eigenvalue weighted by molar-refractivity contribution is -0.152. The van der Waals surface area contributed by atoms with Crippen LogP contribution in [0.25, 0.3) is 0 Å². The minimum atomic E-state index is -1.19. The van der Waals surface area contributed by atoms with E-state index in [1.807, 2.05) is 6.92 Å². The van der Waals surface area contributed by atoms with Crippen LogP contribution >= 0.6 is 0 Å². The van der Waals surface area contributed by atoms with Gasteiger partial charge < -0.3 is 59.3 Å². The Kier molecular flexibility index (Phi) is 16.9. The quantitative estimate of drug-likeness (QED) is 0.0414. The first-order chi connectivity index (χ1) is 24.1. The summed E-state index contributed by atoms with van der Waals surface area (Å²) in [4.78, 5) is 77.4. The number of hydrogen-bond donors (Lipinski definition) is 9. The monoisotopic (exact) mass is 717 g/mol. The van der Waals surface area contributed by atoms with Crippen LogP contribution in [0.3, 0.4) is 0 Å². The Morgan fingerprint density at radius 2 is 1.55 bits per heavy atom. The topological polar surface area (TPSA) is 311 Å². The molecule has 0 aliphatic carbocycles. The van der Waals surface area contributed by atoms with Gasteiger partial charge in [0, 0.05) is 33.1 Å². The maximum Gasteiger partial charge on any atom is 0.326 e. The van der Waals surface area contributed by atoms with Crippen molar-refractivity contribution in [3.8, 4) is 5.75 Å². The lowest BCUT2D eigenvalue weighted by Crippen LogP contribution is -2.59. The zero-order chi connectivity index (χ0) is 38.2. The zero-order valence-electron chi connectivity index (χ0n) is 29.7. The van der Waals surface area contributed by atoms with Crippen LogP contribution in [-0.4, -0.2) is 118 Å². The molecule has 0 bridgehead atoms. The van der Waals surface area contributed by atoms with Gasteiger partial charge in [0.2, 0.25) is 23.6 Å². The van der Waals surface area contributed by atoms with Gasteiger partial charge in [-0.25, -0.2) is 4.79 Å². The van der Waals surface area contributed by atoms with Crippen molar-refractivity contribution in [3.63, 3.8) is 0 Å². The van der Waals surface area contributed by atoms with Crippen LogP contribution in [0, 0.1) is 5.92 Å². The summed E-state index contributed by atoms with van der Waals surface area (Å²) >= 11 is 0. The summed E-state index contributed by atoms with van der Waals surface area (Å²) in [5.74, 6) is -4.07. The number of guanidine groups is 2. The second-order valence-corrected chi connectivity index (χ2v) is 12.8.